The highest BCUT2D eigenvalue weighted by molar-refractivity contribution is 5.92. The second kappa shape index (κ2) is 8.81. The summed E-state index contributed by atoms with van der Waals surface area (Å²) in [5.41, 5.74) is 2.68. The molecule has 2 aromatic heterocycles. The molecule has 0 radical (unpaired) electrons. The molecule has 0 unspecified atom stereocenters. The Morgan fingerprint density at radius 2 is 1.81 bits per heavy atom. The predicted octanol–water partition coefficient (Wildman–Crippen LogP) is 3.53. The first-order valence-corrected chi connectivity index (χ1v) is 9.53. The van der Waals surface area contributed by atoms with E-state index in [0.717, 1.165) is 4.52 Å². The van der Waals surface area contributed by atoms with Crippen molar-refractivity contribution in [3.8, 4) is 0 Å². The number of methoxy groups -OCH3 is 1. The topological polar surface area (TPSA) is 102 Å². The number of carbonyl (C=O) groups is 2. The first kappa shape index (κ1) is 23.0. The lowest BCUT2D eigenvalue weighted by atomic mass is 10.1. The molecule has 0 aliphatic carbocycles. The van der Waals surface area contributed by atoms with Crippen molar-refractivity contribution in [3.05, 3.63) is 47.0 Å². The van der Waals surface area contributed by atoms with Gasteiger partial charge in [-0.2, -0.15) is 18.2 Å². The summed E-state index contributed by atoms with van der Waals surface area (Å²) in [6, 6.07) is 6.60. The Morgan fingerprint density at radius 1 is 1.16 bits per heavy atom. The number of fused-ring (bicyclic) bond motifs is 1. The van der Waals surface area contributed by atoms with Gasteiger partial charge < -0.3 is 10.1 Å². The fourth-order valence-corrected chi connectivity index (χ4v) is 3.16. The summed E-state index contributed by atoms with van der Waals surface area (Å²) in [4.78, 5) is 32.8. The van der Waals surface area contributed by atoms with E-state index in [1.54, 1.807) is 45.2 Å². The fourth-order valence-electron chi connectivity index (χ4n) is 3.16. The molecule has 2 amide bonds. The van der Waals surface area contributed by atoms with Crippen LogP contribution in [0.4, 0.5) is 29.3 Å². The van der Waals surface area contributed by atoms with Crippen LogP contribution in [0.25, 0.3) is 5.78 Å². The molecule has 32 heavy (non-hydrogen) atoms. The van der Waals surface area contributed by atoms with Gasteiger partial charge in [-0.1, -0.05) is 0 Å². The minimum Gasteiger partial charge on any atom is -0.452 e. The number of benzene rings is 1. The van der Waals surface area contributed by atoms with Crippen molar-refractivity contribution >= 4 is 29.2 Å². The van der Waals surface area contributed by atoms with E-state index in [1.165, 1.54) is 12.0 Å². The number of rotatable bonds is 5. The van der Waals surface area contributed by atoms with Crippen LogP contribution in [-0.2, 0) is 22.1 Å². The molecule has 0 spiro atoms. The summed E-state index contributed by atoms with van der Waals surface area (Å²) in [6.07, 6.45) is -4.85. The zero-order valence-corrected chi connectivity index (χ0v) is 17.8. The second-order valence-corrected chi connectivity index (χ2v) is 7.03. The quantitative estimate of drug-likeness (QED) is 0.638. The van der Waals surface area contributed by atoms with E-state index in [1.807, 2.05) is 0 Å². The molecule has 3 aromatic rings. The zero-order chi connectivity index (χ0) is 23.6. The number of hydrogen-bond donors (Lipinski definition) is 1. The number of nitrogens with one attached hydrogen (secondary N) is 1. The normalized spacial score (nSPS) is 11.5. The number of nitrogens with zero attached hydrogens (tertiary/aromatic N) is 5. The van der Waals surface area contributed by atoms with Gasteiger partial charge in [0.15, 0.2) is 0 Å². The van der Waals surface area contributed by atoms with E-state index >= 15 is 0 Å². The maximum atomic E-state index is 12.9. The van der Waals surface area contributed by atoms with Crippen molar-refractivity contribution in [2.45, 2.75) is 32.9 Å². The number of anilines is 2. The Morgan fingerprint density at radius 3 is 2.41 bits per heavy atom. The lowest BCUT2D eigenvalue weighted by molar-refractivity contribution is -0.144. The maximum Gasteiger partial charge on any atom is 0.453 e. The molecule has 1 N–H and O–H groups in total. The van der Waals surface area contributed by atoms with Gasteiger partial charge in [0, 0.05) is 36.2 Å². The standard InChI is InChI=1S/C20H21F3N6O3/c1-11-15(12(2)29-18(24-11)26-17(27-29)20(21,22)23)9-10-16(30)25-13-5-7-14(8-6-13)28(3)19(31)32-4/h5-8H,9-10H2,1-4H3,(H,25,30). The van der Waals surface area contributed by atoms with Gasteiger partial charge in [0.25, 0.3) is 11.6 Å². The number of aromatic nitrogens is 4. The van der Waals surface area contributed by atoms with Crippen LogP contribution in [-0.4, -0.2) is 45.7 Å². The predicted molar refractivity (Wildman–Crippen MR) is 109 cm³/mol. The van der Waals surface area contributed by atoms with Crippen molar-refractivity contribution in [2.75, 3.05) is 24.4 Å². The van der Waals surface area contributed by atoms with Crippen molar-refractivity contribution in [3.63, 3.8) is 0 Å². The molecule has 2 heterocycles. The van der Waals surface area contributed by atoms with Gasteiger partial charge in [-0.25, -0.2) is 14.3 Å². The van der Waals surface area contributed by atoms with Gasteiger partial charge in [-0.15, -0.1) is 5.10 Å². The van der Waals surface area contributed by atoms with Crippen LogP contribution in [0.5, 0.6) is 0 Å². The van der Waals surface area contributed by atoms with Crippen LogP contribution >= 0.6 is 0 Å². The van der Waals surface area contributed by atoms with Gasteiger partial charge in [0.2, 0.25) is 5.91 Å². The van der Waals surface area contributed by atoms with Gasteiger partial charge >= 0.3 is 12.3 Å². The number of ether oxygens (including phenoxy) is 1. The first-order valence-electron chi connectivity index (χ1n) is 9.53. The molecular weight excluding hydrogens is 429 g/mol. The number of hydrogen-bond acceptors (Lipinski definition) is 6. The molecule has 9 nitrogen and oxygen atoms in total. The van der Waals surface area contributed by atoms with Crippen molar-refractivity contribution < 1.29 is 27.5 Å². The van der Waals surface area contributed by atoms with E-state index in [2.05, 4.69) is 25.1 Å². The summed E-state index contributed by atoms with van der Waals surface area (Å²) in [5.74, 6) is -1.69. The molecule has 0 aliphatic heterocycles. The molecule has 1 aromatic carbocycles. The van der Waals surface area contributed by atoms with Gasteiger partial charge in [-0.3, -0.25) is 9.69 Å². The van der Waals surface area contributed by atoms with Crippen molar-refractivity contribution in [1.82, 2.24) is 19.6 Å². The van der Waals surface area contributed by atoms with Gasteiger partial charge in [-0.05, 0) is 50.1 Å². The van der Waals surface area contributed by atoms with Crippen LogP contribution < -0.4 is 10.2 Å². The second-order valence-electron chi connectivity index (χ2n) is 7.03. The van der Waals surface area contributed by atoms with E-state index in [4.69, 9.17) is 0 Å². The van der Waals surface area contributed by atoms with Gasteiger partial charge in [0.1, 0.15) is 0 Å². The summed E-state index contributed by atoms with van der Waals surface area (Å²) in [6.45, 7) is 3.26. The van der Waals surface area contributed by atoms with Crippen LogP contribution in [0.2, 0.25) is 0 Å². The minimum atomic E-state index is -4.67. The Bertz CT molecular complexity index is 1160. The van der Waals surface area contributed by atoms with Gasteiger partial charge in [0.05, 0.1) is 7.11 Å². The van der Waals surface area contributed by atoms with Crippen molar-refractivity contribution in [2.24, 2.45) is 0 Å². The third-order valence-electron chi connectivity index (χ3n) is 4.89. The number of amides is 2. The number of carbonyl (C=O) groups excluding carboxylic acids is 2. The number of halogens is 3. The third-order valence-corrected chi connectivity index (χ3v) is 4.89. The van der Waals surface area contributed by atoms with Crippen LogP contribution in [0.15, 0.2) is 24.3 Å². The van der Waals surface area contributed by atoms with Crippen LogP contribution in [0.3, 0.4) is 0 Å². The Kier molecular flexibility index (Phi) is 6.32. The molecule has 0 bridgehead atoms. The molecule has 0 aliphatic rings. The Labute approximate surface area is 181 Å². The molecular formula is C20H21F3N6O3. The van der Waals surface area contributed by atoms with Crippen LogP contribution in [0.1, 0.15) is 29.2 Å². The maximum absolute atomic E-state index is 12.9. The average Bonchev–Trinajstić information content (AvgIpc) is 3.17. The smallest absolute Gasteiger partial charge is 0.452 e. The highest BCUT2D eigenvalue weighted by atomic mass is 19.4. The largest absolute Gasteiger partial charge is 0.453 e. The van der Waals surface area contributed by atoms with E-state index in [0.29, 0.717) is 28.3 Å². The Hall–Kier alpha value is -3.70. The third kappa shape index (κ3) is 4.79. The monoisotopic (exact) mass is 450 g/mol. The van der Waals surface area contributed by atoms with E-state index in [9.17, 15) is 22.8 Å². The molecule has 170 valence electrons. The lowest BCUT2D eigenvalue weighted by Gasteiger charge is -2.16. The molecule has 0 atom stereocenters. The number of aryl methyl sites for hydroxylation is 2. The highest BCUT2D eigenvalue weighted by Gasteiger charge is 2.37. The minimum absolute atomic E-state index is 0.0828. The van der Waals surface area contributed by atoms with Crippen LogP contribution in [0, 0.1) is 13.8 Å². The molecule has 0 fully saturated rings. The number of alkyl halides is 3. The summed E-state index contributed by atoms with van der Waals surface area (Å²) >= 11 is 0. The van der Waals surface area contributed by atoms with E-state index < -0.39 is 18.1 Å². The lowest BCUT2D eigenvalue weighted by Crippen LogP contribution is -2.25. The summed E-state index contributed by atoms with van der Waals surface area (Å²) < 4.78 is 44.4. The molecule has 12 heteroatoms. The fraction of sp³-hybridized carbons (Fsp3) is 0.350. The Balaban J connectivity index is 1.69. The molecule has 3 rings (SSSR count). The first-order chi connectivity index (χ1) is 15.0. The highest BCUT2D eigenvalue weighted by Crippen LogP contribution is 2.27. The SMILES string of the molecule is COC(=O)N(C)c1ccc(NC(=O)CCc2c(C)nc3nc(C(F)(F)F)nn3c2C)cc1. The average molecular weight is 450 g/mol. The van der Waals surface area contributed by atoms with E-state index in [-0.39, 0.29) is 24.5 Å². The van der Waals surface area contributed by atoms with Crippen molar-refractivity contribution in [1.29, 1.82) is 0 Å². The summed E-state index contributed by atoms with van der Waals surface area (Å²) in [5, 5.41) is 6.25. The summed E-state index contributed by atoms with van der Waals surface area (Å²) in [7, 11) is 2.84. The molecule has 0 saturated carbocycles. The zero-order valence-electron chi connectivity index (χ0n) is 17.8. The molecule has 0 saturated heterocycles.